The van der Waals surface area contributed by atoms with E-state index in [2.05, 4.69) is 207 Å². The molecule has 0 aliphatic heterocycles. The molecule has 2 heteroatoms. The molecule has 0 unspecified atom stereocenters. The lowest BCUT2D eigenvalue weighted by Crippen LogP contribution is -2.15. The number of furan rings is 1. The van der Waals surface area contributed by atoms with Crippen molar-refractivity contribution in [2.75, 3.05) is 4.90 Å². The maximum Gasteiger partial charge on any atom is 0.143 e. The van der Waals surface area contributed by atoms with E-state index in [1.807, 2.05) is 0 Å². The third-order valence-electron chi connectivity index (χ3n) is 11.1. The van der Waals surface area contributed by atoms with Crippen molar-refractivity contribution in [3.63, 3.8) is 0 Å². The van der Waals surface area contributed by atoms with Gasteiger partial charge in [0, 0.05) is 38.8 Å². The molecule has 252 valence electrons. The van der Waals surface area contributed by atoms with Crippen LogP contribution in [0.4, 0.5) is 17.1 Å². The summed E-state index contributed by atoms with van der Waals surface area (Å²) in [5.74, 6) is 0. The van der Waals surface area contributed by atoms with E-state index in [4.69, 9.17) is 4.42 Å². The molecule has 9 aromatic rings. The van der Waals surface area contributed by atoms with Gasteiger partial charge in [0.2, 0.25) is 0 Å². The lowest BCUT2D eigenvalue weighted by molar-refractivity contribution is 0.657. The fraction of sp³-hybridized carbons (Fsp3) is 0.0588. The van der Waals surface area contributed by atoms with Gasteiger partial charge in [-0.25, -0.2) is 0 Å². The van der Waals surface area contributed by atoms with E-state index in [1.54, 1.807) is 0 Å². The molecule has 1 heterocycles. The van der Waals surface area contributed by atoms with Gasteiger partial charge in [0.05, 0.1) is 0 Å². The molecule has 0 bridgehead atoms. The molecule has 0 radical (unpaired) electrons. The van der Waals surface area contributed by atoms with Gasteiger partial charge in [-0.05, 0) is 92.5 Å². The lowest BCUT2D eigenvalue weighted by Gasteiger charge is -2.26. The number of hydrogen-bond acceptors (Lipinski definition) is 2. The normalized spacial score (nSPS) is 12.9. The zero-order valence-electron chi connectivity index (χ0n) is 29.8. The smallest absolute Gasteiger partial charge is 0.143 e. The average molecular weight is 680 g/mol. The highest BCUT2D eigenvalue weighted by molar-refractivity contribution is 6.14. The van der Waals surface area contributed by atoms with Crippen LogP contribution >= 0.6 is 0 Å². The molecule has 1 aliphatic carbocycles. The molecule has 0 spiro atoms. The summed E-state index contributed by atoms with van der Waals surface area (Å²) < 4.78 is 6.82. The minimum Gasteiger partial charge on any atom is -0.455 e. The lowest BCUT2D eigenvalue weighted by atomic mass is 9.80. The van der Waals surface area contributed by atoms with Gasteiger partial charge in [-0.1, -0.05) is 159 Å². The maximum absolute atomic E-state index is 6.82. The fourth-order valence-corrected chi connectivity index (χ4v) is 8.52. The first-order valence-electron chi connectivity index (χ1n) is 18.3. The monoisotopic (exact) mass is 679 g/mol. The number of benzene rings is 8. The van der Waals surface area contributed by atoms with Crippen molar-refractivity contribution in [3.05, 3.63) is 199 Å². The standard InChI is InChI=1S/C51H37NO/c1-51(2)46-22-10-9-19-43(46)44-31-32-47-48(49(44)51)45-21-12-20-42(50(45)53-47)38-17-11-18-41(33-38)52(39-27-23-36(24-28-39)34-13-5-3-6-14-34)40-29-25-37(26-30-40)35-15-7-4-8-16-35/h3-33H,1-2H3. The first-order valence-corrected chi connectivity index (χ1v) is 18.3. The van der Waals surface area contributed by atoms with Crippen molar-refractivity contribution < 1.29 is 4.42 Å². The highest BCUT2D eigenvalue weighted by atomic mass is 16.3. The van der Waals surface area contributed by atoms with E-state index in [0.29, 0.717) is 0 Å². The largest absolute Gasteiger partial charge is 0.455 e. The molecule has 0 amide bonds. The second-order valence-electron chi connectivity index (χ2n) is 14.5. The summed E-state index contributed by atoms with van der Waals surface area (Å²) in [5, 5.41) is 2.38. The van der Waals surface area contributed by atoms with Crippen LogP contribution in [0.3, 0.4) is 0 Å². The summed E-state index contributed by atoms with van der Waals surface area (Å²) in [6.07, 6.45) is 0. The van der Waals surface area contributed by atoms with Gasteiger partial charge in [-0.2, -0.15) is 0 Å². The van der Waals surface area contributed by atoms with Crippen molar-refractivity contribution in [2.45, 2.75) is 19.3 Å². The molecule has 1 aromatic heterocycles. The third kappa shape index (κ3) is 5.10. The predicted molar refractivity (Wildman–Crippen MR) is 222 cm³/mol. The van der Waals surface area contributed by atoms with Gasteiger partial charge in [-0.3, -0.25) is 0 Å². The predicted octanol–water partition coefficient (Wildman–Crippen LogP) is 14.4. The zero-order valence-corrected chi connectivity index (χ0v) is 29.8. The third-order valence-corrected chi connectivity index (χ3v) is 11.1. The Morgan fingerprint density at radius 3 is 1.62 bits per heavy atom. The van der Waals surface area contributed by atoms with Crippen LogP contribution in [-0.4, -0.2) is 0 Å². The maximum atomic E-state index is 6.82. The van der Waals surface area contributed by atoms with E-state index in [-0.39, 0.29) is 5.41 Å². The van der Waals surface area contributed by atoms with Crippen LogP contribution in [0, 0.1) is 0 Å². The molecule has 53 heavy (non-hydrogen) atoms. The number of para-hydroxylation sites is 1. The summed E-state index contributed by atoms with van der Waals surface area (Å²) in [7, 11) is 0. The van der Waals surface area contributed by atoms with E-state index < -0.39 is 0 Å². The van der Waals surface area contributed by atoms with Crippen molar-refractivity contribution in [1.82, 2.24) is 0 Å². The van der Waals surface area contributed by atoms with Crippen molar-refractivity contribution in [3.8, 4) is 44.5 Å². The first kappa shape index (κ1) is 31.1. The Labute approximate surface area is 310 Å². The van der Waals surface area contributed by atoms with Gasteiger partial charge >= 0.3 is 0 Å². The molecule has 0 saturated heterocycles. The van der Waals surface area contributed by atoms with Gasteiger partial charge in [0.15, 0.2) is 0 Å². The number of nitrogens with zero attached hydrogens (tertiary/aromatic N) is 1. The molecule has 0 N–H and O–H groups in total. The average Bonchev–Trinajstić information content (AvgIpc) is 3.71. The Kier molecular flexibility index (Phi) is 7.19. The van der Waals surface area contributed by atoms with Crippen LogP contribution in [-0.2, 0) is 5.41 Å². The molecule has 0 atom stereocenters. The topological polar surface area (TPSA) is 16.4 Å². The van der Waals surface area contributed by atoms with Crippen LogP contribution in [0.25, 0.3) is 66.4 Å². The molecule has 0 saturated carbocycles. The number of fused-ring (bicyclic) bond motifs is 7. The van der Waals surface area contributed by atoms with E-state index in [0.717, 1.165) is 44.7 Å². The Bertz CT molecular complexity index is 2690. The number of anilines is 3. The molecular formula is C51H37NO. The number of hydrogen-bond donors (Lipinski definition) is 0. The van der Waals surface area contributed by atoms with Gasteiger partial charge in [-0.15, -0.1) is 0 Å². The molecule has 8 aromatic carbocycles. The van der Waals surface area contributed by atoms with Crippen LogP contribution < -0.4 is 4.90 Å². The second kappa shape index (κ2) is 12.3. The molecule has 10 rings (SSSR count). The molecule has 1 aliphatic rings. The van der Waals surface area contributed by atoms with Gasteiger partial charge in [0.25, 0.3) is 0 Å². The van der Waals surface area contributed by atoms with E-state index >= 15 is 0 Å². The van der Waals surface area contributed by atoms with E-state index in [1.165, 1.54) is 49.9 Å². The van der Waals surface area contributed by atoms with E-state index in [9.17, 15) is 0 Å². The number of rotatable bonds is 6. The van der Waals surface area contributed by atoms with Gasteiger partial charge < -0.3 is 9.32 Å². The Balaban J connectivity index is 1.10. The van der Waals surface area contributed by atoms with Crippen molar-refractivity contribution >= 4 is 39.0 Å². The van der Waals surface area contributed by atoms with Crippen LogP contribution in [0.5, 0.6) is 0 Å². The minimum atomic E-state index is -0.134. The van der Waals surface area contributed by atoms with Gasteiger partial charge in [0.1, 0.15) is 11.2 Å². The summed E-state index contributed by atoms with van der Waals surface area (Å²) in [6, 6.07) is 67.5. The minimum absolute atomic E-state index is 0.134. The zero-order chi connectivity index (χ0) is 35.5. The molecule has 0 fully saturated rings. The quantitative estimate of drug-likeness (QED) is 0.174. The van der Waals surface area contributed by atoms with Crippen LogP contribution in [0.15, 0.2) is 192 Å². The Morgan fingerprint density at radius 2 is 0.962 bits per heavy atom. The molecule has 2 nitrogen and oxygen atoms in total. The Morgan fingerprint density at radius 1 is 0.415 bits per heavy atom. The first-order chi connectivity index (χ1) is 26.0. The molecular weight excluding hydrogens is 643 g/mol. The highest BCUT2D eigenvalue weighted by Gasteiger charge is 2.38. The summed E-state index contributed by atoms with van der Waals surface area (Å²) >= 11 is 0. The Hall–Kier alpha value is -6.64. The second-order valence-corrected chi connectivity index (χ2v) is 14.5. The SMILES string of the molecule is CC1(C)c2ccccc2-c2ccc3oc4c(-c5cccc(N(c6ccc(-c7ccccc7)cc6)c6ccc(-c7ccccc7)cc6)c5)cccc4c3c21. The van der Waals surface area contributed by atoms with Crippen LogP contribution in [0.2, 0.25) is 0 Å². The summed E-state index contributed by atoms with van der Waals surface area (Å²) in [6.45, 7) is 4.69. The van der Waals surface area contributed by atoms with Crippen molar-refractivity contribution in [1.29, 1.82) is 0 Å². The van der Waals surface area contributed by atoms with Crippen LogP contribution in [0.1, 0.15) is 25.0 Å². The summed E-state index contributed by atoms with van der Waals surface area (Å²) in [4.78, 5) is 2.35. The fourth-order valence-electron chi connectivity index (χ4n) is 8.52. The van der Waals surface area contributed by atoms with Crippen molar-refractivity contribution in [2.24, 2.45) is 0 Å². The highest BCUT2D eigenvalue weighted by Crippen LogP contribution is 2.53. The summed E-state index contributed by atoms with van der Waals surface area (Å²) in [5.41, 5.74) is 17.3.